The summed E-state index contributed by atoms with van der Waals surface area (Å²) in [5, 5.41) is 8.88. The second kappa shape index (κ2) is 12.6. The molecule has 1 aromatic heterocycles. The third-order valence-electron chi connectivity index (χ3n) is 6.02. The fraction of sp³-hybridized carbons (Fsp3) is 0.652. The Balaban J connectivity index is 1.46. The van der Waals surface area contributed by atoms with Crippen LogP contribution in [0.4, 0.5) is 14.6 Å². The standard InChI is InChI=1S/C23H34N4O6S/c1-3-32-18(28)14-25-23(31)27-11-9-15(10-12-27)13-24-22(30)26-20-19(21(29)33-4-2)16-7-5-6-8-17(16)34-20/h15H,3-14H2,1-2H3,(H,25,31)(H2,24,26,30). The Kier molecular flexibility index (Phi) is 9.55. The van der Waals surface area contributed by atoms with Crippen molar-refractivity contribution in [1.82, 2.24) is 15.5 Å². The van der Waals surface area contributed by atoms with Gasteiger partial charge in [-0.05, 0) is 63.9 Å². The number of esters is 2. The second-order valence-corrected chi connectivity index (χ2v) is 9.47. The van der Waals surface area contributed by atoms with E-state index in [1.807, 2.05) is 0 Å². The Bertz CT molecular complexity index is 894. The molecule has 0 unspecified atom stereocenters. The number of urea groups is 2. The third-order valence-corrected chi connectivity index (χ3v) is 7.23. The van der Waals surface area contributed by atoms with Gasteiger partial charge >= 0.3 is 24.0 Å². The molecule has 1 saturated heterocycles. The highest BCUT2D eigenvalue weighted by atomic mass is 32.1. The summed E-state index contributed by atoms with van der Waals surface area (Å²) in [5.41, 5.74) is 1.51. The van der Waals surface area contributed by atoms with Crippen molar-refractivity contribution < 1.29 is 28.7 Å². The number of carbonyl (C=O) groups is 4. The fourth-order valence-electron chi connectivity index (χ4n) is 4.27. The van der Waals surface area contributed by atoms with Crippen LogP contribution in [0.1, 0.15) is 60.3 Å². The van der Waals surface area contributed by atoms with Crippen LogP contribution in [0.25, 0.3) is 0 Å². The van der Waals surface area contributed by atoms with Gasteiger partial charge in [0, 0.05) is 24.5 Å². The predicted octanol–water partition coefficient (Wildman–Crippen LogP) is 2.91. The average molecular weight is 495 g/mol. The van der Waals surface area contributed by atoms with Gasteiger partial charge in [0.1, 0.15) is 11.5 Å². The zero-order valence-electron chi connectivity index (χ0n) is 19.9. The SMILES string of the molecule is CCOC(=O)CNC(=O)N1CCC(CNC(=O)Nc2sc3c(c2C(=O)OCC)CCCC3)CC1. The van der Waals surface area contributed by atoms with E-state index in [0.717, 1.165) is 49.0 Å². The van der Waals surface area contributed by atoms with E-state index in [0.29, 0.717) is 30.2 Å². The first-order chi connectivity index (χ1) is 16.4. The van der Waals surface area contributed by atoms with Crippen molar-refractivity contribution in [2.45, 2.75) is 52.4 Å². The summed E-state index contributed by atoms with van der Waals surface area (Å²) in [5.74, 6) is -0.606. The molecule has 0 atom stereocenters. The number of nitrogens with zero attached hydrogens (tertiary/aromatic N) is 1. The van der Waals surface area contributed by atoms with Crippen LogP contribution in [-0.4, -0.2) is 68.3 Å². The lowest BCUT2D eigenvalue weighted by molar-refractivity contribution is -0.141. The van der Waals surface area contributed by atoms with Crippen LogP contribution >= 0.6 is 11.3 Å². The Hall–Kier alpha value is -2.82. The van der Waals surface area contributed by atoms with E-state index >= 15 is 0 Å². The number of likely N-dealkylation sites (tertiary alicyclic amines) is 1. The number of hydrogen-bond donors (Lipinski definition) is 3. The van der Waals surface area contributed by atoms with E-state index in [1.165, 1.54) is 11.3 Å². The van der Waals surface area contributed by atoms with Crippen LogP contribution in [-0.2, 0) is 27.1 Å². The van der Waals surface area contributed by atoms with Crippen molar-refractivity contribution in [2.24, 2.45) is 5.92 Å². The summed E-state index contributed by atoms with van der Waals surface area (Å²) in [6, 6.07) is -0.635. The van der Waals surface area contributed by atoms with Gasteiger partial charge in [-0.15, -0.1) is 11.3 Å². The van der Waals surface area contributed by atoms with Gasteiger partial charge in [-0.1, -0.05) is 0 Å². The zero-order valence-corrected chi connectivity index (χ0v) is 20.7. The van der Waals surface area contributed by atoms with E-state index in [2.05, 4.69) is 16.0 Å². The van der Waals surface area contributed by atoms with Crippen molar-refractivity contribution in [3.8, 4) is 0 Å². The third kappa shape index (κ3) is 6.85. The van der Waals surface area contributed by atoms with E-state index in [4.69, 9.17) is 9.47 Å². The quantitative estimate of drug-likeness (QED) is 0.477. The van der Waals surface area contributed by atoms with E-state index < -0.39 is 5.97 Å². The Morgan fingerprint density at radius 1 is 1.00 bits per heavy atom. The largest absolute Gasteiger partial charge is 0.465 e. The summed E-state index contributed by atoms with van der Waals surface area (Å²) in [6.45, 7) is 5.48. The van der Waals surface area contributed by atoms with Crippen LogP contribution in [0.2, 0.25) is 0 Å². The summed E-state index contributed by atoms with van der Waals surface area (Å²) >= 11 is 1.46. The molecule has 1 aliphatic heterocycles. The smallest absolute Gasteiger partial charge is 0.341 e. The molecule has 188 valence electrons. The number of nitrogens with one attached hydrogen (secondary N) is 3. The highest BCUT2D eigenvalue weighted by Gasteiger charge is 2.28. The number of anilines is 1. The van der Waals surface area contributed by atoms with Gasteiger partial charge < -0.3 is 25.0 Å². The van der Waals surface area contributed by atoms with Gasteiger partial charge in [-0.2, -0.15) is 0 Å². The molecule has 1 fully saturated rings. The van der Waals surface area contributed by atoms with Crippen LogP contribution in [0.15, 0.2) is 0 Å². The lowest BCUT2D eigenvalue weighted by Crippen LogP contribution is -2.47. The first-order valence-electron chi connectivity index (χ1n) is 12.0. The van der Waals surface area contributed by atoms with Gasteiger partial charge in [0.2, 0.25) is 0 Å². The van der Waals surface area contributed by atoms with Crippen molar-refractivity contribution in [1.29, 1.82) is 0 Å². The molecule has 11 heteroatoms. The molecular weight excluding hydrogens is 460 g/mol. The minimum Gasteiger partial charge on any atom is -0.465 e. The first-order valence-corrected chi connectivity index (χ1v) is 12.8. The first kappa shape index (κ1) is 25.8. The molecule has 1 aliphatic carbocycles. The highest BCUT2D eigenvalue weighted by molar-refractivity contribution is 7.17. The lowest BCUT2D eigenvalue weighted by Gasteiger charge is -2.32. The lowest BCUT2D eigenvalue weighted by atomic mass is 9.95. The average Bonchev–Trinajstić information content (AvgIpc) is 3.19. The molecule has 0 aromatic carbocycles. The number of piperidine rings is 1. The van der Waals surface area contributed by atoms with Gasteiger partial charge in [0.15, 0.2) is 0 Å². The molecule has 4 amide bonds. The molecule has 0 saturated carbocycles. The molecule has 3 N–H and O–H groups in total. The molecular formula is C23H34N4O6S. The summed E-state index contributed by atoms with van der Waals surface area (Å²) in [7, 11) is 0. The maximum absolute atomic E-state index is 12.6. The van der Waals surface area contributed by atoms with Gasteiger partial charge in [-0.3, -0.25) is 10.1 Å². The molecule has 3 rings (SSSR count). The molecule has 2 aliphatic rings. The van der Waals surface area contributed by atoms with Gasteiger partial charge in [0.05, 0.1) is 18.8 Å². The number of fused-ring (bicyclic) bond motifs is 1. The van der Waals surface area contributed by atoms with Crippen LogP contribution in [0.5, 0.6) is 0 Å². The van der Waals surface area contributed by atoms with Crippen molar-refractivity contribution >= 4 is 40.3 Å². The second-order valence-electron chi connectivity index (χ2n) is 8.36. The highest BCUT2D eigenvalue weighted by Crippen LogP contribution is 2.38. The normalized spacial score (nSPS) is 15.8. The fourth-order valence-corrected chi connectivity index (χ4v) is 5.54. The van der Waals surface area contributed by atoms with Crippen molar-refractivity contribution in [3.05, 3.63) is 16.0 Å². The minimum absolute atomic E-state index is 0.145. The number of carbonyl (C=O) groups excluding carboxylic acids is 4. The van der Waals surface area contributed by atoms with Crippen molar-refractivity contribution in [3.63, 3.8) is 0 Å². The van der Waals surface area contributed by atoms with Crippen LogP contribution in [0.3, 0.4) is 0 Å². The Labute approximate surface area is 203 Å². The number of amides is 4. The van der Waals surface area contributed by atoms with E-state index in [9.17, 15) is 19.2 Å². The molecule has 0 radical (unpaired) electrons. The summed E-state index contributed by atoms with van der Waals surface area (Å²) in [4.78, 5) is 51.5. The number of hydrogen-bond acceptors (Lipinski definition) is 7. The molecule has 1 aromatic rings. The summed E-state index contributed by atoms with van der Waals surface area (Å²) < 4.78 is 10.0. The molecule has 0 bridgehead atoms. The van der Waals surface area contributed by atoms with Gasteiger partial charge in [-0.25, -0.2) is 14.4 Å². The van der Waals surface area contributed by atoms with Gasteiger partial charge in [0.25, 0.3) is 0 Å². The monoisotopic (exact) mass is 494 g/mol. The minimum atomic E-state index is -0.460. The zero-order chi connectivity index (χ0) is 24.5. The Morgan fingerprint density at radius 3 is 2.41 bits per heavy atom. The molecule has 10 nitrogen and oxygen atoms in total. The number of aryl methyl sites for hydroxylation is 1. The van der Waals surface area contributed by atoms with E-state index in [1.54, 1.807) is 18.7 Å². The van der Waals surface area contributed by atoms with Crippen LogP contribution < -0.4 is 16.0 Å². The maximum atomic E-state index is 12.6. The summed E-state index contributed by atoms with van der Waals surface area (Å²) in [6.07, 6.45) is 5.35. The topological polar surface area (TPSA) is 126 Å². The maximum Gasteiger partial charge on any atom is 0.341 e. The van der Waals surface area contributed by atoms with Crippen LogP contribution in [0, 0.1) is 5.92 Å². The molecule has 34 heavy (non-hydrogen) atoms. The number of thiophene rings is 1. The molecule has 0 spiro atoms. The van der Waals surface area contributed by atoms with Crippen molar-refractivity contribution in [2.75, 3.05) is 44.7 Å². The number of rotatable bonds is 8. The predicted molar refractivity (Wildman–Crippen MR) is 128 cm³/mol. The van der Waals surface area contributed by atoms with E-state index in [-0.39, 0.29) is 43.7 Å². The Morgan fingerprint density at radius 2 is 1.71 bits per heavy atom. The number of ether oxygens (including phenoxy) is 2. The molecule has 2 heterocycles.